The minimum atomic E-state index is -0.125. The number of ketones is 1. The quantitative estimate of drug-likeness (QED) is 0.111. The van der Waals surface area contributed by atoms with E-state index in [0.717, 1.165) is 60.8 Å². The van der Waals surface area contributed by atoms with Crippen LogP contribution >= 0.6 is 0 Å². The molecule has 0 fully saturated rings. The Labute approximate surface area is 263 Å². The second kappa shape index (κ2) is 12.6. The number of pyridine rings is 1. The molecule has 0 atom stereocenters. The van der Waals surface area contributed by atoms with E-state index in [1.807, 2.05) is 24.3 Å². The van der Waals surface area contributed by atoms with Gasteiger partial charge in [0.1, 0.15) is 5.75 Å². The average molecular weight is 742 g/mol. The summed E-state index contributed by atoms with van der Waals surface area (Å²) in [7, 11) is 1.73. The Morgan fingerprint density at radius 3 is 2.19 bits per heavy atom. The summed E-state index contributed by atoms with van der Waals surface area (Å²) in [6.07, 6.45) is 1.17. The number of allylic oxidation sites excluding steroid dienone is 2. The predicted octanol–water partition coefficient (Wildman–Crippen LogP) is 9.00. The van der Waals surface area contributed by atoms with Crippen LogP contribution in [0.4, 0.5) is 0 Å². The zero-order valence-electron chi connectivity index (χ0n) is 24.0. The van der Waals surface area contributed by atoms with Crippen LogP contribution in [-0.2, 0) is 24.9 Å². The molecule has 5 aromatic carbocycles. The molecule has 0 aliphatic heterocycles. The maximum Gasteiger partial charge on any atom is 0.155 e. The molecule has 5 nitrogen and oxygen atoms in total. The van der Waals surface area contributed by atoms with Gasteiger partial charge in [0, 0.05) is 42.6 Å². The standard InChI is InChI=1S/C32H21N2O.C5H8O2.Ir/c1-35-28-20-10-18-26-29-30(24-17-9-12-21-11-5-6-15-23(21)24)33-27-19-8-7-16-25(27)32(29)34(31(26)28)22-13-3-2-4-14-22;1-4(6)3-5(2)7;/h2-16,18-20H,1H3;3,6H,1-2H3;/q-1;;/b;4-3-;. The number of fused-ring (bicyclic) bond motifs is 6. The smallest absolute Gasteiger partial charge is 0.155 e. The van der Waals surface area contributed by atoms with Gasteiger partial charge < -0.3 is 14.4 Å². The van der Waals surface area contributed by atoms with Gasteiger partial charge in [0.15, 0.2) is 5.78 Å². The van der Waals surface area contributed by atoms with Gasteiger partial charge in [-0.05, 0) is 49.2 Å². The van der Waals surface area contributed by atoms with Crippen LogP contribution in [0.25, 0.3) is 60.4 Å². The van der Waals surface area contributed by atoms with Crippen LogP contribution in [0.15, 0.2) is 121 Å². The molecule has 0 aliphatic rings. The van der Waals surface area contributed by atoms with Crippen molar-refractivity contribution in [1.29, 1.82) is 0 Å². The average Bonchev–Trinajstić information content (AvgIpc) is 3.36. The van der Waals surface area contributed by atoms with Crippen molar-refractivity contribution in [2.75, 3.05) is 7.11 Å². The Hall–Kier alpha value is -4.77. The Balaban J connectivity index is 0.000000415. The Morgan fingerprint density at radius 2 is 1.49 bits per heavy atom. The summed E-state index contributed by atoms with van der Waals surface area (Å²) in [4.78, 5) is 15.3. The molecule has 7 rings (SSSR count). The van der Waals surface area contributed by atoms with Gasteiger partial charge in [-0.2, -0.15) is 0 Å². The van der Waals surface area contributed by atoms with Crippen LogP contribution < -0.4 is 4.74 Å². The second-order valence-electron chi connectivity index (χ2n) is 10.1. The monoisotopic (exact) mass is 742 g/mol. The van der Waals surface area contributed by atoms with Crippen molar-refractivity contribution in [3.05, 3.63) is 127 Å². The van der Waals surface area contributed by atoms with Crippen molar-refractivity contribution in [1.82, 2.24) is 9.55 Å². The molecule has 0 saturated heterocycles. The molecule has 6 heteroatoms. The van der Waals surface area contributed by atoms with Crippen molar-refractivity contribution >= 4 is 49.3 Å². The van der Waals surface area contributed by atoms with Crippen LogP contribution in [0.1, 0.15) is 13.8 Å². The number of hydrogen-bond acceptors (Lipinski definition) is 4. The van der Waals surface area contributed by atoms with E-state index in [0.29, 0.717) is 0 Å². The van der Waals surface area contributed by atoms with Crippen molar-refractivity contribution in [2.24, 2.45) is 0 Å². The molecular weight excluding hydrogens is 713 g/mol. The SMILES string of the molecule is CC(=O)/C=C(/C)O.COc1cccc2c3c(-c4[c-]ccc5ccccc45)nc4ccccc4c3n(-c3ccccc3)c12.[Ir]. The third kappa shape index (κ3) is 5.55. The van der Waals surface area contributed by atoms with Gasteiger partial charge in [0.2, 0.25) is 0 Å². The number of methoxy groups -OCH3 is 1. The van der Waals surface area contributed by atoms with E-state index in [1.165, 1.54) is 25.3 Å². The van der Waals surface area contributed by atoms with Gasteiger partial charge in [0.05, 0.1) is 29.4 Å². The summed E-state index contributed by atoms with van der Waals surface area (Å²) < 4.78 is 8.22. The number of nitrogens with zero attached hydrogens (tertiary/aromatic N) is 2. The minimum Gasteiger partial charge on any atom is -0.512 e. The van der Waals surface area contributed by atoms with E-state index < -0.39 is 0 Å². The predicted molar refractivity (Wildman–Crippen MR) is 171 cm³/mol. The van der Waals surface area contributed by atoms with Crippen molar-refractivity contribution in [2.45, 2.75) is 13.8 Å². The number of benzene rings is 5. The fourth-order valence-corrected chi connectivity index (χ4v) is 5.58. The molecule has 2 heterocycles. The molecule has 1 N–H and O–H groups in total. The molecule has 0 aliphatic carbocycles. The molecule has 0 saturated carbocycles. The molecule has 7 aromatic rings. The topological polar surface area (TPSA) is 64.3 Å². The van der Waals surface area contributed by atoms with E-state index in [4.69, 9.17) is 14.8 Å². The number of aromatic nitrogens is 2. The van der Waals surface area contributed by atoms with Crippen LogP contribution in [0.3, 0.4) is 0 Å². The fourth-order valence-electron chi connectivity index (χ4n) is 5.58. The Kier molecular flexibility index (Phi) is 8.72. The van der Waals surface area contributed by atoms with Gasteiger partial charge >= 0.3 is 0 Å². The number of ether oxygens (including phenoxy) is 1. The maximum atomic E-state index is 10.0. The van der Waals surface area contributed by atoms with Gasteiger partial charge in [-0.1, -0.05) is 78.2 Å². The first kappa shape index (κ1) is 29.7. The number of carbonyl (C=O) groups is 1. The third-order valence-corrected chi connectivity index (χ3v) is 7.18. The van der Waals surface area contributed by atoms with E-state index >= 15 is 0 Å². The largest absolute Gasteiger partial charge is 0.512 e. The molecule has 1 radical (unpaired) electrons. The minimum absolute atomic E-state index is 0. The number of para-hydroxylation sites is 3. The molecule has 0 unspecified atom stereocenters. The summed E-state index contributed by atoms with van der Waals surface area (Å²) >= 11 is 0. The molecule has 0 amide bonds. The normalized spacial score (nSPS) is 11.3. The molecule has 215 valence electrons. The molecular formula is C37H29IrN2O3-. The van der Waals surface area contributed by atoms with Crippen LogP contribution in [0.5, 0.6) is 5.75 Å². The van der Waals surface area contributed by atoms with Crippen molar-refractivity contribution in [3.63, 3.8) is 0 Å². The fraction of sp³-hybridized carbons (Fsp3) is 0.0811. The Bertz CT molecular complexity index is 2120. The first-order valence-corrected chi connectivity index (χ1v) is 13.7. The number of rotatable bonds is 4. The number of hydrogen-bond donors (Lipinski definition) is 1. The van der Waals surface area contributed by atoms with Crippen LogP contribution in [-0.4, -0.2) is 27.6 Å². The summed E-state index contributed by atoms with van der Waals surface area (Å²) in [5, 5.41) is 14.0. The van der Waals surface area contributed by atoms with Crippen LogP contribution in [0, 0.1) is 6.07 Å². The second-order valence-corrected chi connectivity index (χ2v) is 10.1. The number of aliphatic hydroxyl groups excluding tert-OH is 1. The van der Waals surface area contributed by atoms with Crippen molar-refractivity contribution in [3.8, 4) is 22.7 Å². The van der Waals surface area contributed by atoms with Gasteiger partial charge in [0.25, 0.3) is 0 Å². The summed E-state index contributed by atoms with van der Waals surface area (Å²) in [5.74, 6) is 0.770. The molecule has 0 spiro atoms. The molecule has 43 heavy (non-hydrogen) atoms. The molecule has 0 bridgehead atoms. The van der Waals surface area contributed by atoms with Gasteiger partial charge in [-0.15, -0.1) is 29.1 Å². The first-order valence-electron chi connectivity index (χ1n) is 13.7. The summed E-state index contributed by atoms with van der Waals surface area (Å²) in [6.45, 7) is 2.85. The van der Waals surface area contributed by atoms with Gasteiger partial charge in [-0.3, -0.25) is 9.78 Å². The van der Waals surface area contributed by atoms with Crippen LogP contribution in [0.2, 0.25) is 0 Å². The molecule has 2 aromatic heterocycles. The first-order chi connectivity index (χ1) is 20.5. The summed E-state index contributed by atoms with van der Waals surface area (Å²) in [6, 6.07) is 41.2. The van der Waals surface area contributed by atoms with E-state index in [1.54, 1.807) is 7.11 Å². The summed E-state index contributed by atoms with van der Waals surface area (Å²) in [5.41, 5.74) is 6.14. The van der Waals surface area contributed by atoms with E-state index in [-0.39, 0.29) is 31.6 Å². The zero-order chi connectivity index (χ0) is 29.2. The van der Waals surface area contributed by atoms with E-state index in [9.17, 15) is 4.79 Å². The number of aliphatic hydroxyl groups is 1. The maximum absolute atomic E-state index is 10.0. The zero-order valence-corrected chi connectivity index (χ0v) is 26.4. The van der Waals surface area contributed by atoms with E-state index in [2.05, 4.69) is 95.6 Å². The van der Waals surface area contributed by atoms with Crippen molar-refractivity contribution < 1.29 is 34.7 Å². The Morgan fingerprint density at radius 1 is 0.814 bits per heavy atom. The third-order valence-electron chi connectivity index (χ3n) is 7.18. The number of carbonyl (C=O) groups excluding carboxylic acids is 1. The van der Waals surface area contributed by atoms with Gasteiger partial charge in [-0.25, -0.2) is 0 Å².